The smallest absolute Gasteiger partial charge is 0.254 e. The van der Waals surface area contributed by atoms with E-state index in [1.165, 1.54) is 0 Å². The van der Waals surface area contributed by atoms with Crippen molar-refractivity contribution in [2.24, 2.45) is 7.05 Å². The van der Waals surface area contributed by atoms with E-state index in [1.54, 1.807) is 29.7 Å². The minimum absolute atomic E-state index is 0.0653. The predicted molar refractivity (Wildman–Crippen MR) is 92.8 cm³/mol. The lowest BCUT2D eigenvalue weighted by atomic mass is 10.0. The Balaban J connectivity index is 1.89. The molecule has 0 fully saturated rings. The first-order chi connectivity index (χ1) is 11.9. The maximum Gasteiger partial charge on any atom is 0.254 e. The topological polar surface area (TPSA) is 92.6 Å². The Labute approximate surface area is 145 Å². The lowest BCUT2D eigenvalue weighted by molar-refractivity contribution is 0.0742. The molecular weight excluding hydrogens is 318 g/mol. The molecule has 1 atom stereocenters. The van der Waals surface area contributed by atoms with E-state index in [2.05, 4.69) is 25.7 Å². The summed E-state index contributed by atoms with van der Waals surface area (Å²) in [4.78, 5) is 14.7. The van der Waals surface area contributed by atoms with Crippen LogP contribution in [0, 0.1) is 13.8 Å². The van der Waals surface area contributed by atoms with E-state index in [9.17, 15) is 4.79 Å². The maximum atomic E-state index is 12.9. The average molecular weight is 339 g/mol. The quantitative estimate of drug-likeness (QED) is 0.785. The molecule has 3 rings (SSSR count). The molecule has 0 aliphatic heterocycles. The molecule has 1 aromatic carbocycles. The van der Waals surface area contributed by atoms with E-state index >= 15 is 0 Å². The van der Waals surface area contributed by atoms with Gasteiger partial charge in [0.25, 0.3) is 5.91 Å². The van der Waals surface area contributed by atoms with Crippen molar-refractivity contribution in [3.63, 3.8) is 0 Å². The number of tetrazole rings is 1. The van der Waals surface area contributed by atoms with Crippen LogP contribution in [0.5, 0.6) is 0 Å². The lowest BCUT2D eigenvalue weighted by Gasteiger charge is -2.25. The molecule has 130 valence electrons. The number of nitrogens with zero attached hydrogens (tertiary/aromatic N) is 6. The normalized spacial score (nSPS) is 12.2. The van der Waals surface area contributed by atoms with Crippen molar-refractivity contribution >= 4 is 5.91 Å². The number of carbonyl (C=O) groups is 1. The molecule has 1 unspecified atom stereocenters. The summed E-state index contributed by atoms with van der Waals surface area (Å²) in [6.07, 6.45) is 0. The predicted octanol–water partition coefficient (Wildman–Crippen LogP) is 2.05. The molecule has 8 nitrogen and oxygen atoms in total. The highest BCUT2D eigenvalue weighted by Gasteiger charge is 2.23. The number of aromatic nitrogens is 6. The second-order valence-corrected chi connectivity index (χ2v) is 6.15. The standard InChI is InChI=1S/C17H21N7O/c1-10-15(11(2)19-18-10)12(3)23(4)17(25)14-8-6-7-13(9-14)16-20-21-22-24(16)5/h6-9,12H,1-5H3,(H,18,19). The van der Waals surface area contributed by atoms with Crippen LogP contribution in [0.25, 0.3) is 11.4 Å². The van der Waals surface area contributed by atoms with Gasteiger partial charge in [0.2, 0.25) is 0 Å². The van der Waals surface area contributed by atoms with Crippen LogP contribution in [0.1, 0.15) is 40.3 Å². The largest absolute Gasteiger partial charge is 0.335 e. The van der Waals surface area contributed by atoms with Gasteiger partial charge in [-0.1, -0.05) is 12.1 Å². The van der Waals surface area contributed by atoms with Crippen LogP contribution in [0.3, 0.4) is 0 Å². The van der Waals surface area contributed by atoms with Gasteiger partial charge in [-0.2, -0.15) is 5.10 Å². The number of benzene rings is 1. The van der Waals surface area contributed by atoms with Crippen molar-refractivity contribution in [1.29, 1.82) is 0 Å². The molecule has 8 heteroatoms. The van der Waals surface area contributed by atoms with Gasteiger partial charge in [-0.25, -0.2) is 4.68 Å². The number of hydrogen-bond acceptors (Lipinski definition) is 5. The zero-order valence-corrected chi connectivity index (χ0v) is 15.0. The molecule has 0 spiro atoms. The summed E-state index contributed by atoms with van der Waals surface area (Å²) >= 11 is 0. The average Bonchev–Trinajstić information content (AvgIpc) is 3.18. The third-order valence-corrected chi connectivity index (χ3v) is 4.49. The van der Waals surface area contributed by atoms with Crippen molar-refractivity contribution in [3.05, 3.63) is 46.8 Å². The number of amides is 1. The minimum atomic E-state index is -0.0913. The van der Waals surface area contributed by atoms with Gasteiger partial charge < -0.3 is 4.90 Å². The fourth-order valence-electron chi connectivity index (χ4n) is 3.01. The highest BCUT2D eigenvalue weighted by Crippen LogP contribution is 2.26. The Hall–Kier alpha value is -3.03. The van der Waals surface area contributed by atoms with E-state index in [0.29, 0.717) is 11.4 Å². The molecule has 3 aromatic rings. The molecule has 2 heterocycles. The number of aryl methyl sites for hydroxylation is 3. The van der Waals surface area contributed by atoms with Crippen LogP contribution in [0.2, 0.25) is 0 Å². The van der Waals surface area contributed by atoms with E-state index < -0.39 is 0 Å². The Bertz CT molecular complexity index is 892. The highest BCUT2D eigenvalue weighted by atomic mass is 16.2. The highest BCUT2D eigenvalue weighted by molar-refractivity contribution is 5.95. The number of carbonyl (C=O) groups excluding carboxylic acids is 1. The van der Waals surface area contributed by atoms with Gasteiger partial charge in [-0.15, -0.1) is 5.10 Å². The summed E-state index contributed by atoms with van der Waals surface area (Å²) in [5, 5.41) is 18.7. The van der Waals surface area contributed by atoms with Crippen LogP contribution in [0.15, 0.2) is 24.3 Å². The summed E-state index contributed by atoms with van der Waals surface area (Å²) in [5.74, 6) is 0.552. The minimum Gasteiger partial charge on any atom is -0.335 e. The van der Waals surface area contributed by atoms with Gasteiger partial charge in [0, 0.05) is 36.5 Å². The summed E-state index contributed by atoms with van der Waals surface area (Å²) in [6.45, 7) is 5.90. The first kappa shape index (κ1) is 16.8. The molecule has 25 heavy (non-hydrogen) atoms. The Kier molecular flexibility index (Phi) is 4.35. The van der Waals surface area contributed by atoms with Gasteiger partial charge in [0.1, 0.15) is 0 Å². The fraction of sp³-hybridized carbons (Fsp3) is 0.353. The summed E-state index contributed by atoms with van der Waals surface area (Å²) in [5.41, 5.74) is 4.32. The second-order valence-electron chi connectivity index (χ2n) is 6.15. The molecule has 2 aromatic heterocycles. The van der Waals surface area contributed by atoms with Crippen molar-refractivity contribution in [2.45, 2.75) is 26.8 Å². The van der Waals surface area contributed by atoms with Crippen molar-refractivity contribution in [3.8, 4) is 11.4 Å². The summed E-state index contributed by atoms with van der Waals surface area (Å²) in [6, 6.07) is 7.24. The molecule has 1 N–H and O–H groups in total. The Morgan fingerprint density at radius 3 is 2.68 bits per heavy atom. The molecule has 0 aliphatic rings. The van der Waals surface area contributed by atoms with Gasteiger partial charge in [0.05, 0.1) is 11.7 Å². The molecule has 0 bridgehead atoms. The second kappa shape index (κ2) is 6.46. The van der Waals surface area contributed by atoms with Crippen molar-refractivity contribution in [1.82, 2.24) is 35.3 Å². The number of aromatic amines is 1. The van der Waals surface area contributed by atoms with Crippen LogP contribution in [-0.2, 0) is 7.05 Å². The summed E-state index contributed by atoms with van der Waals surface area (Å²) < 4.78 is 1.58. The van der Waals surface area contributed by atoms with E-state index in [-0.39, 0.29) is 11.9 Å². The van der Waals surface area contributed by atoms with Gasteiger partial charge in [-0.05, 0) is 43.3 Å². The number of hydrogen-bond donors (Lipinski definition) is 1. The Morgan fingerprint density at radius 2 is 2.08 bits per heavy atom. The molecule has 0 saturated carbocycles. The molecule has 0 saturated heterocycles. The number of nitrogens with one attached hydrogen (secondary N) is 1. The molecule has 0 radical (unpaired) electrons. The zero-order valence-electron chi connectivity index (χ0n) is 15.0. The van der Waals surface area contributed by atoms with E-state index in [0.717, 1.165) is 22.5 Å². The number of rotatable bonds is 4. The monoisotopic (exact) mass is 339 g/mol. The van der Waals surface area contributed by atoms with Crippen LogP contribution in [0.4, 0.5) is 0 Å². The van der Waals surface area contributed by atoms with E-state index in [4.69, 9.17) is 0 Å². The van der Waals surface area contributed by atoms with Crippen molar-refractivity contribution in [2.75, 3.05) is 7.05 Å². The van der Waals surface area contributed by atoms with Gasteiger partial charge in [-0.3, -0.25) is 9.89 Å². The molecular formula is C17H21N7O. The third-order valence-electron chi connectivity index (χ3n) is 4.49. The van der Waals surface area contributed by atoms with Crippen LogP contribution < -0.4 is 0 Å². The molecule has 0 aliphatic carbocycles. The maximum absolute atomic E-state index is 12.9. The SMILES string of the molecule is Cc1n[nH]c(C)c1C(C)N(C)C(=O)c1cccc(-c2nnnn2C)c1. The van der Waals surface area contributed by atoms with Crippen LogP contribution in [-0.4, -0.2) is 48.3 Å². The number of H-pyrrole nitrogens is 1. The third kappa shape index (κ3) is 3.02. The zero-order chi connectivity index (χ0) is 18.1. The van der Waals surface area contributed by atoms with Crippen molar-refractivity contribution < 1.29 is 4.79 Å². The first-order valence-corrected chi connectivity index (χ1v) is 8.01. The summed E-state index contributed by atoms with van der Waals surface area (Å²) in [7, 11) is 3.57. The molecule has 1 amide bonds. The fourth-order valence-corrected chi connectivity index (χ4v) is 3.01. The Morgan fingerprint density at radius 1 is 1.32 bits per heavy atom. The van der Waals surface area contributed by atoms with E-state index in [1.807, 2.05) is 39.0 Å². The van der Waals surface area contributed by atoms with Crippen LogP contribution >= 0.6 is 0 Å². The van der Waals surface area contributed by atoms with Gasteiger partial charge >= 0.3 is 0 Å². The first-order valence-electron chi connectivity index (χ1n) is 8.01. The van der Waals surface area contributed by atoms with Gasteiger partial charge in [0.15, 0.2) is 5.82 Å². The lowest BCUT2D eigenvalue weighted by Crippen LogP contribution is -2.30.